The number of pyridine rings is 1. The molecule has 2 unspecified atom stereocenters. The van der Waals surface area contributed by atoms with Crippen molar-refractivity contribution in [2.75, 3.05) is 0 Å². The summed E-state index contributed by atoms with van der Waals surface area (Å²) in [7, 11) is 0. The number of nitrogens with zero attached hydrogens (tertiary/aromatic N) is 1. The van der Waals surface area contributed by atoms with Gasteiger partial charge in [0.15, 0.2) is 0 Å². The van der Waals surface area contributed by atoms with Crippen molar-refractivity contribution in [3.05, 3.63) is 29.6 Å². The lowest BCUT2D eigenvalue weighted by atomic mass is 9.82. The predicted octanol–water partition coefficient (Wildman–Crippen LogP) is 3.44. The number of hydrogen-bond donors (Lipinski definition) is 1. The number of hydrogen-bond acceptors (Lipinski definition) is 2. The molecule has 0 bridgehead atoms. The summed E-state index contributed by atoms with van der Waals surface area (Å²) >= 11 is 0. The molecule has 2 atom stereocenters. The molecule has 1 N–H and O–H groups in total. The van der Waals surface area contributed by atoms with E-state index in [2.05, 4.69) is 18.0 Å². The zero-order valence-corrected chi connectivity index (χ0v) is 10.7. The minimum absolute atomic E-state index is 0.199. The first-order valence-corrected chi connectivity index (χ1v) is 6.94. The monoisotopic (exact) mass is 233 g/mol. The lowest BCUT2D eigenvalue weighted by Gasteiger charge is -2.28. The summed E-state index contributed by atoms with van der Waals surface area (Å²) in [6.45, 7) is 2.20. The van der Waals surface area contributed by atoms with E-state index < -0.39 is 0 Å². The van der Waals surface area contributed by atoms with E-state index in [4.69, 9.17) is 0 Å². The highest BCUT2D eigenvalue weighted by Gasteiger charge is 2.27. The average Bonchev–Trinajstić information content (AvgIpc) is 2.38. The first-order chi connectivity index (χ1) is 8.33. The fourth-order valence-corrected chi connectivity index (χ4v) is 2.82. The van der Waals surface area contributed by atoms with Crippen LogP contribution in [0.15, 0.2) is 18.3 Å². The standard InChI is InChI=1S/C15H23NO/c1-2-3-4-10-14(17)13-9-5-7-12-8-6-11-16-15(12)13/h6,8,11,13-14,17H,2-5,7,9-10H2,1H3. The SMILES string of the molecule is CCCCCC(O)C1CCCc2cccnc21. The van der Waals surface area contributed by atoms with E-state index in [-0.39, 0.29) is 12.0 Å². The maximum absolute atomic E-state index is 10.3. The Balaban J connectivity index is 2.02. The van der Waals surface area contributed by atoms with Gasteiger partial charge in [-0.3, -0.25) is 4.98 Å². The van der Waals surface area contributed by atoms with Crippen LogP contribution in [0.3, 0.4) is 0 Å². The van der Waals surface area contributed by atoms with Crippen molar-refractivity contribution in [1.82, 2.24) is 4.98 Å². The highest BCUT2D eigenvalue weighted by atomic mass is 16.3. The molecule has 1 aromatic rings. The van der Waals surface area contributed by atoms with E-state index in [1.807, 2.05) is 12.3 Å². The van der Waals surface area contributed by atoms with Gasteiger partial charge in [-0.2, -0.15) is 0 Å². The van der Waals surface area contributed by atoms with Gasteiger partial charge in [-0.05, 0) is 37.3 Å². The van der Waals surface area contributed by atoms with Gasteiger partial charge >= 0.3 is 0 Å². The molecule has 2 rings (SSSR count). The Kier molecular flexibility index (Phi) is 4.55. The normalized spacial score (nSPS) is 20.9. The molecule has 0 fully saturated rings. The number of rotatable bonds is 5. The van der Waals surface area contributed by atoms with Crippen LogP contribution in [0.4, 0.5) is 0 Å². The van der Waals surface area contributed by atoms with Crippen molar-refractivity contribution in [3.8, 4) is 0 Å². The smallest absolute Gasteiger partial charge is 0.0623 e. The topological polar surface area (TPSA) is 33.1 Å². The van der Waals surface area contributed by atoms with Crippen LogP contribution >= 0.6 is 0 Å². The molecule has 0 aliphatic heterocycles. The molecular weight excluding hydrogens is 210 g/mol. The van der Waals surface area contributed by atoms with E-state index in [1.165, 1.54) is 24.8 Å². The summed E-state index contributed by atoms with van der Waals surface area (Å²) in [5, 5.41) is 10.3. The van der Waals surface area contributed by atoms with Crippen molar-refractivity contribution in [3.63, 3.8) is 0 Å². The molecule has 94 valence electrons. The second-order valence-corrected chi connectivity index (χ2v) is 5.11. The third-order valence-corrected chi connectivity index (χ3v) is 3.81. The highest BCUT2D eigenvalue weighted by molar-refractivity contribution is 5.26. The van der Waals surface area contributed by atoms with Gasteiger partial charge in [0.2, 0.25) is 0 Å². The highest BCUT2D eigenvalue weighted by Crippen LogP contribution is 2.33. The van der Waals surface area contributed by atoms with Gasteiger partial charge in [0, 0.05) is 17.8 Å². The van der Waals surface area contributed by atoms with E-state index >= 15 is 0 Å². The molecule has 0 saturated carbocycles. The van der Waals surface area contributed by atoms with Crippen LogP contribution in [-0.2, 0) is 6.42 Å². The molecule has 2 heteroatoms. The molecule has 1 aliphatic carbocycles. The van der Waals surface area contributed by atoms with Crippen LogP contribution in [0.25, 0.3) is 0 Å². The zero-order chi connectivity index (χ0) is 12.1. The van der Waals surface area contributed by atoms with E-state index in [0.29, 0.717) is 0 Å². The summed E-state index contributed by atoms with van der Waals surface area (Å²) in [5.74, 6) is 0.275. The summed E-state index contributed by atoms with van der Waals surface area (Å²) in [6.07, 6.45) is 9.56. The maximum Gasteiger partial charge on any atom is 0.0623 e. The van der Waals surface area contributed by atoms with Crippen LogP contribution in [-0.4, -0.2) is 16.2 Å². The van der Waals surface area contributed by atoms with Crippen LogP contribution in [0.5, 0.6) is 0 Å². The zero-order valence-electron chi connectivity index (χ0n) is 10.7. The van der Waals surface area contributed by atoms with Crippen LogP contribution < -0.4 is 0 Å². The molecular formula is C15H23NO. The molecule has 0 radical (unpaired) electrons. The Hall–Kier alpha value is -0.890. The predicted molar refractivity (Wildman–Crippen MR) is 70.1 cm³/mol. The number of aliphatic hydroxyl groups excluding tert-OH is 1. The fraction of sp³-hybridized carbons (Fsp3) is 0.667. The number of aryl methyl sites for hydroxylation is 1. The Morgan fingerprint density at radius 3 is 3.18 bits per heavy atom. The summed E-state index contributed by atoms with van der Waals surface area (Å²) in [4.78, 5) is 4.49. The van der Waals surface area contributed by atoms with Gasteiger partial charge in [0.1, 0.15) is 0 Å². The molecule has 1 heterocycles. The minimum Gasteiger partial charge on any atom is -0.392 e. The Morgan fingerprint density at radius 1 is 1.47 bits per heavy atom. The number of aliphatic hydroxyl groups is 1. The van der Waals surface area contributed by atoms with Crippen molar-refractivity contribution in [2.45, 2.75) is 63.9 Å². The van der Waals surface area contributed by atoms with Crippen molar-refractivity contribution >= 4 is 0 Å². The molecule has 2 nitrogen and oxygen atoms in total. The summed E-state index contributed by atoms with van der Waals surface area (Å²) < 4.78 is 0. The number of aromatic nitrogens is 1. The van der Waals surface area contributed by atoms with Crippen LogP contribution in [0.1, 0.15) is 62.6 Å². The Morgan fingerprint density at radius 2 is 2.35 bits per heavy atom. The molecule has 0 amide bonds. The van der Waals surface area contributed by atoms with Gasteiger partial charge in [-0.1, -0.05) is 32.3 Å². The van der Waals surface area contributed by atoms with Gasteiger partial charge < -0.3 is 5.11 Å². The van der Waals surface area contributed by atoms with Crippen molar-refractivity contribution < 1.29 is 5.11 Å². The second-order valence-electron chi connectivity index (χ2n) is 5.11. The fourth-order valence-electron chi connectivity index (χ4n) is 2.82. The van der Waals surface area contributed by atoms with Gasteiger partial charge in [0.25, 0.3) is 0 Å². The van der Waals surface area contributed by atoms with E-state index in [9.17, 15) is 5.11 Å². The van der Waals surface area contributed by atoms with Gasteiger partial charge in [-0.15, -0.1) is 0 Å². The third-order valence-electron chi connectivity index (χ3n) is 3.81. The third kappa shape index (κ3) is 3.06. The average molecular weight is 233 g/mol. The second kappa shape index (κ2) is 6.15. The van der Waals surface area contributed by atoms with E-state index in [1.54, 1.807) is 0 Å². The Labute approximate surface area is 104 Å². The molecule has 17 heavy (non-hydrogen) atoms. The number of unbranched alkanes of at least 4 members (excludes halogenated alkanes) is 2. The summed E-state index contributed by atoms with van der Waals surface area (Å²) in [5.41, 5.74) is 2.50. The van der Waals surface area contributed by atoms with E-state index in [0.717, 1.165) is 31.4 Å². The van der Waals surface area contributed by atoms with Crippen molar-refractivity contribution in [1.29, 1.82) is 0 Å². The first kappa shape index (κ1) is 12.6. The van der Waals surface area contributed by atoms with Crippen LogP contribution in [0.2, 0.25) is 0 Å². The first-order valence-electron chi connectivity index (χ1n) is 6.94. The van der Waals surface area contributed by atoms with Gasteiger partial charge in [0.05, 0.1) is 6.10 Å². The van der Waals surface area contributed by atoms with Gasteiger partial charge in [-0.25, -0.2) is 0 Å². The molecule has 1 aliphatic rings. The summed E-state index contributed by atoms with van der Waals surface area (Å²) in [6, 6.07) is 4.16. The molecule has 0 spiro atoms. The quantitative estimate of drug-likeness (QED) is 0.790. The van der Waals surface area contributed by atoms with Crippen LogP contribution in [0, 0.1) is 0 Å². The maximum atomic E-state index is 10.3. The minimum atomic E-state index is -0.199. The molecule has 0 saturated heterocycles. The molecule has 0 aromatic carbocycles. The largest absolute Gasteiger partial charge is 0.392 e. The van der Waals surface area contributed by atoms with Crippen molar-refractivity contribution in [2.24, 2.45) is 0 Å². The lowest BCUT2D eigenvalue weighted by Crippen LogP contribution is -2.24. The lowest BCUT2D eigenvalue weighted by molar-refractivity contribution is 0.120. The molecule has 1 aromatic heterocycles. The number of fused-ring (bicyclic) bond motifs is 1. The Bertz CT molecular complexity index is 351.